The fourth-order valence-corrected chi connectivity index (χ4v) is 4.13. The van der Waals surface area contributed by atoms with Crippen molar-refractivity contribution >= 4 is 21.0 Å². The van der Waals surface area contributed by atoms with Gasteiger partial charge in [0.1, 0.15) is 4.90 Å². The van der Waals surface area contributed by atoms with Gasteiger partial charge in [-0.05, 0) is 36.2 Å². The molecule has 0 spiro atoms. The van der Waals surface area contributed by atoms with Crippen LogP contribution < -0.4 is 4.18 Å². The number of benzene rings is 3. The molecule has 0 N–H and O–H groups in total. The van der Waals surface area contributed by atoms with Crippen LogP contribution >= 0.6 is 0 Å². The molecule has 0 saturated carbocycles. The maximum Gasteiger partial charge on any atom is 0.341 e. The molecule has 4 aromatic rings. The van der Waals surface area contributed by atoms with Crippen LogP contribution in [0.4, 0.5) is 0 Å². The van der Waals surface area contributed by atoms with E-state index in [2.05, 4.69) is 4.98 Å². The maximum atomic E-state index is 13.0. The molecule has 0 radical (unpaired) electrons. The van der Waals surface area contributed by atoms with E-state index in [4.69, 9.17) is 4.18 Å². The number of aryl methyl sites for hydroxylation is 1. The second kappa shape index (κ2) is 6.85. The highest BCUT2D eigenvalue weighted by Crippen LogP contribution is 2.32. The number of nitrogens with zero attached hydrogens (tertiary/aromatic N) is 1. The first-order valence-corrected chi connectivity index (χ1v) is 9.90. The molecule has 1 aromatic heterocycles. The SMILES string of the molecule is Cc1cnc2c(S(=O)(=O)Oc3ccccc3-c3ccccc3)cccc2c1. The third-order valence-corrected chi connectivity index (χ3v) is 5.52. The Morgan fingerprint density at radius 1 is 0.852 bits per heavy atom. The zero-order valence-corrected chi connectivity index (χ0v) is 15.5. The van der Waals surface area contributed by atoms with E-state index in [0.717, 1.165) is 16.5 Å². The number of hydrogen-bond donors (Lipinski definition) is 0. The van der Waals surface area contributed by atoms with Gasteiger partial charge in [-0.25, -0.2) is 0 Å². The monoisotopic (exact) mass is 375 g/mol. The zero-order chi connectivity index (χ0) is 18.9. The topological polar surface area (TPSA) is 56.3 Å². The third kappa shape index (κ3) is 3.41. The predicted molar refractivity (Wildman–Crippen MR) is 106 cm³/mol. The number of para-hydroxylation sites is 2. The Kier molecular flexibility index (Phi) is 4.38. The van der Waals surface area contributed by atoms with Crippen molar-refractivity contribution in [1.82, 2.24) is 4.98 Å². The smallest absolute Gasteiger partial charge is 0.341 e. The Morgan fingerprint density at radius 2 is 1.59 bits per heavy atom. The minimum absolute atomic E-state index is 0.0582. The summed E-state index contributed by atoms with van der Waals surface area (Å²) < 4.78 is 31.6. The average Bonchev–Trinajstić information content (AvgIpc) is 2.68. The van der Waals surface area contributed by atoms with Gasteiger partial charge in [0.15, 0.2) is 5.75 Å². The highest BCUT2D eigenvalue weighted by atomic mass is 32.2. The molecule has 134 valence electrons. The Labute approximate surface area is 158 Å². The average molecular weight is 375 g/mol. The van der Waals surface area contributed by atoms with Crippen molar-refractivity contribution in [1.29, 1.82) is 0 Å². The van der Waals surface area contributed by atoms with Gasteiger partial charge in [-0.2, -0.15) is 8.42 Å². The lowest BCUT2D eigenvalue weighted by Gasteiger charge is -2.13. The molecule has 27 heavy (non-hydrogen) atoms. The Bertz CT molecular complexity index is 1220. The molecule has 0 saturated heterocycles. The molecule has 4 nitrogen and oxygen atoms in total. The third-order valence-electron chi connectivity index (χ3n) is 4.25. The van der Waals surface area contributed by atoms with Crippen LogP contribution in [0.5, 0.6) is 5.75 Å². The second-order valence-corrected chi connectivity index (χ2v) is 7.75. The van der Waals surface area contributed by atoms with Gasteiger partial charge in [0.05, 0.1) is 5.52 Å². The van der Waals surface area contributed by atoms with Crippen molar-refractivity contribution in [3.63, 3.8) is 0 Å². The molecule has 0 aliphatic heterocycles. The van der Waals surface area contributed by atoms with Crippen molar-refractivity contribution in [2.75, 3.05) is 0 Å². The maximum absolute atomic E-state index is 13.0. The molecule has 1 heterocycles. The Morgan fingerprint density at radius 3 is 2.41 bits per heavy atom. The summed E-state index contributed by atoms with van der Waals surface area (Å²) in [7, 11) is -4.05. The summed E-state index contributed by atoms with van der Waals surface area (Å²) in [6.07, 6.45) is 1.65. The van der Waals surface area contributed by atoms with E-state index in [1.54, 1.807) is 24.4 Å². The van der Waals surface area contributed by atoms with Crippen LogP contribution in [-0.4, -0.2) is 13.4 Å². The van der Waals surface area contributed by atoms with Gasteiger partial charge in [0, 0.05) is 17.1 Å². The lowest BCUT2D eigenvalue weighted by atomic mass is 10.1. The molecular formula is C22H17NO3S. The summed E-state index contributed by atoms with van der Waals surface area (Å²) in [5, 5.41) is 0.760. The van der Waals surface area contributed by atoms with Gasteiger partial charge in [-0.1, -0.05) is 60.7 Å². The van der Waals surface area contributed by atoms with Gasteiger partial charge in [-0.3, -0.25) is 4.98 Å². The second-order valence-electron chi connectivity index (χ2n) is 6.24. The zero-order valence-electron chi connectivity index (χ0n) is 14.7. The molecule has 0 aliphatic carbocycles. The summed E-state index contributed by atoms with van der Waals surface area (Å²) in [6.45, 7) is 1.92. The van der Waals surface area contributed by atoms with Crippen molar-refractivity contribution in [2.24, 2.45) is 0 Å². The van der Waals surface area contributed by atoms with Gasteiger partial charge in [-0.15, -0.1) is 0 Å². The summed E-state index contributed by atoms with van der Waals surface area (Å²) in [6, 6.07) is 23.6. The van der Waals surface area contributed by atoms with E-state index in [1.165, 1.54) is 6.07 Å². The summed E-state index contributed by atoms with van der Waals surface area (Å²) in [4.78, 5) is 4.37. The van der Waals surface area contributed by atoms with E-state index in [9.17, 15) is 8.42 Å². The molecule has 0 unspecified atom stereocenters. The molecule has 0 amide bonds. The molecule has 3 aromatic carbocycles. The normalized spacial score (nSPS) is 11.4. The quantitative estimate of drug-likeness (QED) is 0.472. The molecule has 4 rings (SSSR count). The summed E-state index contributed by atoms with van der Waals surface area (Å²) >= 11 is 0. The number of pyridine rings is 1. The van der Waals surface area contributed by atoms with E-state index in [1.807, 2.05) is 61.5 Å². The van der Waals surface area contributed by atoms with Crippen LogP contribution in [0.25, 0.3) is 22.0 Å². The molecular weight excluding hydrogens is 358 g/mol. The largest absolute Gasteiger partial charge is 0.378 e. The van der Waals surface area contributed by atoms with Gasteiger partial charge < -0.3 is 4.18 Å². The highest BCUT2D eigenvalue weighted by Gasteiger charge is 2.22. The van der Waals surface area contributed by atoms with Crippen molar-refractivity contribution in [2.45, 2.75) is 11.8 Å². The van der Waals surface area contributed by atoms with Crippen molar-refractivity contribution < 1.29 is 12.6 Å². The lowest BCUT2D eigenvalue weighted by molar-refractivity contribution is 0.487. The molecule has 0 bridgehead atoms. The number of fused-ring (bicyclic) bond motifs is 1. The number of rotatable bonds is 4. The molecule has 0 atom stereocenters. The minimum Gasteiger partial charge on any atom is -0.378 e. The lowest BCUT2D eigenvalue weighted by Crippen LogP contribution is -2.11. The molecule has 0 aliphatic rings. The van der Waals surface area contributed by atoms with Crippen molar-refractivity contribution in [3.8, 4) is 16.9 Å². The van der Waals surface area contributed by atoms with Gasteiger partial charge in [0.25, 0.3) is 0 Å². The van der Waals surface area contributed by atoms with E-state index in [0.29, 0.717) is 11.1 Å². The predicted octanol–water partition coefficient (Wildman–Crippen LogP) is 4.98. The van der Waals surface area contributed by atoms with Crippen LogP contribution in [0.15, 0.2) is 90.0 Å². The first kappa shape index (κ1) is 17.2. The van der Waals surface area contributed by atoms with E-state index >= 15 is 0 Å². The fourth-order valence-electron chi connectivity index (χ4n) is 3.00. The van der Waals surface area contributed by atoms with E-state index < -0.39 is 10.1 Å². The van der Waals surface area contributed by atoms with Crippen LogP contribution in [0.3, 0.4) is 0 Å². The number of aromatic nitrogens is 1. The number of hydrogen-bond acceptors (Lipinski definition) is 4. The first-order chi connectivity index (χ1) is 13.0. The molecule has 5 heteroatoms. The van der Waals surface area contributed by atoms with Gasteiger partial charge >= 0.3 is 10.1 Å². The first-order valence-electron chi connectivity index (χ1n) is 8.49. The van der Waals surface area contributed by atoms with E-state index in [-0.39, 0.29) is 10.6 Å². The van der Waals surface area contributed by atoms with Gasteiger partial charge in [0.2, 0.25) is 0 Å². The minimum atomic E-state index is -4.05. The fraction of sp³-hybridized carbons (Fsp3) is 0.0455. The van der Waals surface area contributed by atoms with Crippen LogP contribution in [0.2, 0.25) is 0 Å². The standard InChI is InChI=1S/C22H17NO3S/c1-16-14-18-10-7-13-21(22(18)23-15-16)27(24,25)26-20-12-6-5-11-19(20)17-8-3-2-4-9-17/h2-15H,1H3. The highest BCUT2D eigenvalue weighted by molar-refractivity contribution is 7.87. The van der Waals surface area contributed by atoms with Crippen LogP contribution in [-0.2, 0) is 10.1 Å². The van der Waals surface area contributed by atoms with Crippen molar-refractivity contribution in [3.05, 3.63) is 90.6 Å². The molecule has 0 fully saturated rings. The Hall–Kier alpha value is -3.18. The summed E-state index contributed by atoms with van der Waals surface area (Å²) in [5.41, 5.74) is 2.97. The summed E-state index contributed by atoms with van der Waals surface area (Å²) in [5.74, 6) is 0.285. The Balaban J connectivity index is 1.80. The van der Waals surface area contributed by atoms with Crippen LogP contribution in [0.1, 0.15) is 5.56 Å². The van der Waals surface area contributed by atoms with Crippen LogP contribution in [0, 0.1) is 6.92 Å².